The lowest BCUT2D eigenvalue weighted by atomic mass is 9.97. The van der Waals surface area contributed by atoms with E-state index < -0.39 is 0 Å². The predicted molar refractivity (Wildman–Crippen MR) is 67.6 cm³/mol. The third-order valence-corrected chi connectivity index (χ3v) is 3.37. The first-order valence-corrected chi connectivity index (χ1v) is 5.90. The zero-order valence-electron chi connectivity index (χ0n) is 9.76. The van der Waals surface area contributed by atoms with Crippen LogP contribution in [0, 0.1) is 17.2 Å². The predicted octanol–water partition coefficient (Wildman–Crippen LogP) is 1.35. The van der Waals surface area contributed by atoms with Crippen LogP contribution in [-0.4, -0.2) is 24.8 Å². The Kier molecular flexibility index (Phi) is 3.50. The van der Waals surface area contributed by atoms with Gasteiger partial charge in [0, 0.05) is 19.7 Å². The summed E-state index contributed by atoms with van der Waals surface area (Å²) in [6, 6.07) is 7.50. The summed E-state index contributed by atoms with van der Waals surface area (Å²) in [7, 11) is 0. The second-order valence-electron chi connectivity index (χ2n) is 4.50. The maximum absolute atomic E-state index is 9.09. The molecular weight excluding hydrogens is 214 g/mol. The topological polar surface area (TPSA) is 73.3 Å². The molecule has 0 saturated carbocycles. The van der Waals surface area contributed by atoms with E-state index in [1.807, 2.05) is 6.07 Å². The summed E-state index contributed by atoms with van der Waals surface area (Å²) >= 11 is 0. The highest BCUT2D eigenvalue weighted by Crippen LogP contribution is 2.28. The first-order valence-electron chi connectivity index (χ1n) is 5.90. The summed E-state index contributed by atoms with van der Waals surface area (Å²) in [6.45, 7) is 2.11. The number of hydrogen-bond acceptors (Lipinski definition) is 4. The highest BCUT2D eigenvalue weighted by atomic mass is 16.3. The van der Waals surface area contributed by atoms with Gasteiger partial charge in [-0.3, -0.25) is 0 Å². The Morgan fingerprint density at radius 2 is 2.12 bits per heavy atom. The monoisotopic (exact) mass is 231 g/mol. The summed E-state index contributed by atoms with van der Waals surface area (Å²) in [6.07, 6.45) is 1.99. The van der Waals surface area contributed by atoms with Crippen LogP contribution in [0.5, 0.6) is 0 Å². The smallest absolute Gasteiger partial charge is 0.0992 e. The number of aliphatic hydroxyl groups excluding tert-OH is 1. The molecule has 2 rings (SSSR count). The van der Waals surface area contributed by atoms with Crippen molar-refractivity contribution in [3.8, 4) is 6.07 Å². The Hall–Kier alpha value is -1.73. The van der Waals surface area contributed by atoms with Gasteiger partial charge in [0.25, 0.3) is 0 Å². The van der Waals surface area contributed by atoms with Gasteiger partial charge in [-0.1, -0.05) is 0 Å². The van der Waals surface area contributed by atoms with Gasteiger partial charge in [-0.25, -0.2) is 0 Å². The van der Waals surface area contributed by atoms with E-state index in [-0.39, 0.29) is 6.61 Å². The molecule has 0 bridgehead atoms. The summed E-state index contributed by atoms with van der Waals surface area (Å²) in [5, 5.41) is 17.9. The lowest BCUT2D eigenvalue weighted by Crippen LogP contribution is -2.35. The van der Waals surface area contributed by atoms with E-state index in [9.17, 15) is 0 Å². The minimum atomic E-state index is 0.274. The number of aliphatic hydroxyl groups is 1. The van der Waals surface area contributed by atoms with Crippen LogP contribution in [0.4, 0.5) is 11.4 Å². The maximum atomic E-state index is 9.09. The van der Waals surface area contributed by atoms with Gasteiger partial charge in [0.2, 0.25) is 0 Å². The van der Waals surface area contributed by atoms with Crippen LogP contribution in [0.2, 0.25) is 0 Å². The molecule has 0 amide bonds. The molecule has 1 aromatic rings. The van der Waals surface area contributed by atoms with Gasteiger partial charge in [0.1, 0.15) is 0 Å². The van der Waals surface area contributed by atoms with Gasteiger partial charge in [-0.2, -0.15) is 5.26 Å². The molecule has 1 aliphatic heterocycles. The van der Waals surface area contributed by atoms with Crippen LogP contribution in [-0.2, 0) is 0 Å². The van der Waals surface area contributed by atoms with Gasteiger partial charge in [0.05, 0.1) is 23.0 Å². The quantitative estimate of drug-likeness (QED) is 0.753. The Morgan fingerprint density at radius 1 is 1.41 bits per heavy atom. The van der Waals surface area contributed by atoms with Crippen molar-refractivity contribution >= 4 is 11.4 Å². The van der Waals surface area contributed by atoms with E-state index >= 15 is 0 Å². The highest BCUT2D eigenvalue weighted by Gasteiger charge is 2.19. The van der Waals surface area contributed by atoms with Crippen molar-refractivity contribution in [1.29, 1.82) is 5.26 Å². The summed E-state index contributed by atoms with van der Waals surface area (Å²) in [4.78, 5) is 2.22. The number of hydrogen-bond donors (Lipinski definition) is 2. The molecule has 17 heavy (non-hydrogen) atoms. The average Bonchev–Trinajstić information content (AvgIpc) is 2.39. The SMILES string of the molecule is N#Cc1ccc(N2CCC(CO)CC2)c(N)c1. The van der Waals surface area contributed by atoms with Crippen LogP contribution in [0.15, 0.2) is 18.2 Å². The molecule has 0 aromatic heterocycles. The third kappa shape index (κ3) is 2.51. The van der Waals surface area contributed by atoms with Crippen molar-refractivity contribution in [2.24, 2.45) is 5.92 Å². The molecule has 0 unspecified atom stereocenters. The molecule has 3 N–H and O–H groups in total. The molecule has 0 aliphatic carbocycles. The van der Waals surface area contributed by atoms with Gasteiger partial charge < -0.3 is 15.7 Å². The fourth-order valence-corrected chi connectivity index (χ4v) is 2.27. The minimum Gasteiger partial charge on any atom is -0.397 e. The fourth-order valence-electron chi connectivity index (χ4n) is 2.27. The van der Waals surface area contributed by atoms with Crippen molar-refractivity contribution in [3.05, 3.63) is 23.8 Å². The molecule has 1 heterocycles. The first kappa shape index (κ1) is 11.7. The third-order valence-electron chi connectivity index (χ3n) is 3.37. The van der Waals surface area contributed by atoms with Crippen molar-refractivity contribution in [3.63, 3.8) is 0 Å². The lowest BCUT2D eigenvalue weighted by molar-refractivity contribution is 0.203. The number of anilines is 2. The van der Waals surface area contributed by atoms with E-state index in [2.05, 4.69) is 11.0 Å². The summed E-state index contributed by atoms with van der Waals surface area (Å²) in [5.41, 5.74) is 8.21. The Labute approximate surface area is 101 Å². The number of nitrogens with two attached hydrogens (primary N) is 1. The van der Waals surface area contributed by atoms with Crippen molar-refractivity contribution in [2.45, 2.75) is 12.8 Å². The van der Waals surface area contributed by atoms with Crippen molar-refractivity contribution in [2.75, 3.05) is 30.3 Å². The minimum absolute atomic E-state index is 0.274. The van der Waals surface area contributed by atoms with Gasteiger partial charge in [-0.15, -0.1) is 0 Å². The Morgan fingerprint density at radius 3 is 2.65 bits per heavy atom. The van der Waals surface area contributed by atoms with E-state index in [0.29, 0.717) is 17.2 Å². The standard InChI is InChI=1S/C13H17N3O/c14-8-11-1-2-13(12(15)7-11)16-5-3-10(9-17)4-6-16/h1-2,7,10,17H,3-6,9,15H2. The molecule has 0 spiro atoms. The van der Waals surface area contributed by atoms with E-state index in [0.717, 1.165) is 31.6 Å². The number of nitrogens with zero attached hydrogens (tertiary/aromatic N) is 2. The normalized spacial score (nSPS) is 16.8. The Balaban J connectivity index is 2.11. The van der Waals surface area contributed by atoms with E-state index in [4.69, 9.17) is 16.1 Å². The lowest BCUT2D eigenvalue weighted by Gasteiger charge is -2.33. The number of nitriles is 1. The van der Waals surface area contributed by atoms with Crippen molar-refractivity contribution in [1.82, 2.24) is 0 Å². The largest absolute Gasteiger partial charge is 0.397 e. The van der Waals surface area contributed by atoms with Crippen LogP contribution in [0.25, 0.3) is 0 Å². The second kappa shape index (κ2) is 5.07. The van der Waals surface area contributed by atoms with Crippen molar-refractivity contribution < 1.29 is 5.11 Å². The molecule has 4 heteroatoms. The van der Waals surface area contributed by atoms with Crippen LogP contribution in [0.1, 0.15) is 18.4 Å². The number of nitrogen functional groups attached to an aromatic ring is 1. The molecule has 1 aromatic carbocycles. The fraction of sp³-hybridized carbons (Fsp3) is 0.462. The van der Waals surface area contributed by atoms with E-state index in [1.54, 1.807) is 12.1 Å². The summed E-state index contributed by atoms with van der Waals surface area (Å²) < 4.78 is 0. The number of piperidine rings is 1. The van der Waals surface area contributed by atoms with Gasteiger partial charge in [-0.05, 0) is 37.0 Å². The zero-order chi connectivity index (χ0) is 12.3. The van der Waals surface area contributed by atoms with Crippen LogP contribution >= 0.6 is 0 Å². The highest BCUT2D eigenvalue weighted by molar-refractivity contribution is 5.69. The van der Waals surface area contributed by atoms with Crippen LogP contribution < -0.4 is 10.6 Å². The number of benzene rings is 1. The van der Waals surface area contributed by atoms with Crippen LogP contribution in [0.3, 0.4) is 0 Å². The second-order valence-corrected chi connectivity index (χ2v) is 4.50. The number of rotatable bonds is 2. The average molecular weight is 231 g/mol. The molecule has 1 aliphatic rings. The molecule has 1 saturated heterocycles. The molecule has 0 radical (unpaired) electrons. The van der Waals surface area contributed by atoms with Gasteiger partial charge in [0.15, 0.2) is 0 Å². The van der Waals surface area contributed by atoms with Gasteiger partial charge >= 0.3 is 0 Å². The first-order chi connectivity index (χ1) is 8.24. The zero-order valence-corrected chi connectivity index (χ0v) is 9.76. The maximum Gasteiger partial charge on any atom is 0.0992 e. The molecule has 0 atom stereocenters. The molecule has 90 valence electrons. The van der Waals surface area contributed by atoms with E-state index in [1.165, 1.54) is 0 Å². The molecular formula is C13H17N3O. The molecule has 1 fully saturated rings. The molecule has 4 nitrogen and oxygen atoms in total. The Bertz CT molecular complexity index is 431. The summed E-state index contributed by atoms with van der Waals surface area (Å²) in [5.74, 6) is 0.422.